The van der Waals surface area contributed by atoms with Gasteiger partial charge in [0.05, 0.1) is 33.5 Å². The predicted molar refractivity (Wildman–Crippen MR) is 129 cm³/mol. The zero-order valence-corrected chi connectivity index (χ0v) is 20.3. The van der Waals surface area contributed by atoms with Crippen LogP contribution in [0, 0.1) is 6.92 Å². The van der Waals surface area contributed by atoms with E-state index in [2.05, 4.69) is 20.3 Å². The van der Waals surface area contributed by atoms with Gasteiger partial charge in [-0.1, -0.05) is 22.9 Å². The summed E-state index contributed by atoms with van der Waals surface area (Å²) in [6.07, 6.45) is 4.15. The standard InChI is InChI=1S/C22H19ClN4O4S2/c1-4-31-18-11-25-20(23)9-15(18)14-7-12(2)24-10-16(14)21(28)27-22-26-17-6-5-13(33(3,29)30)8-19(17)32-22/h5-11H,4H2,1-3H3,(H,26,27,28). The summed E-state index contributed by atoms with van der Waals surface area (Å²) in [5.41, 5.74) is 2.82. The summed E-state index contributed by atoms with van der Waals surface area (Å²) >= 11 is 7.31. The first-order valence-corrected chi connectivity index (χ1v) is 12.9. The minimum Gasteiger partial charge on any atom is -0.492 e. The lowest BCUT2D eigenvalue weighted by Crippen LogP contribution is -2.14. The van der Waals surface area contributed by atoms with Crippen LogP contribution < -0.4 is 10.1 Å². The van der Waals surface area contributed by atoms with Crippen molar-refractivity contribution >= 4 is 54.0 Å². The molecule has 0 aliphatic carbocycles. The van der Waals surface area contributed by atoms with Gasteiger partial charge in [-0.15, -0.1) is 0 Å². The lowest BCUT2D eigenvalue weighted by Gasteiger charge is -2.14. The molecule has 33 heavy (non-hydrogen) atoms. The Hall–Kier alpha value is -3.08. The molecule has 0 aliphatic heterocycles. The number of thiazole rings is 1. The van der Waals surface area contributed by atoms with E-state index in [-0.39, 0.29) is 10.0 Å². The summed E-state index contributed by atoms with van der Waals surface area (Å²) in [5, 5.41) is 3.39. The van der Waals surface area contributed by atoms with Gasteiger partial charge in [-0.3, -0.25) is 15.1 Å². The van der Waals surface area contributed by atoms with Gasteiger partial charge in [0.2, 0.25) is 0 Å². The van der Waals surface area contributed by atoms with Gasteiger partial charge in [-0.2, -0.15) is 0 Å². The fourth-order valence-corrected chi connectivity index (χ4v) is 5.00. The average Bonchev–Trinajstić information content (AvgIpc) is 3.15. The number of rotatable bonds is 6. The number of amides is 1. The molecule has 4 rings (SSSR count). The number of ether oxygens (including phenoxy) is 1. The average molecular weight is 503 g/mol. The van der Waals surface area contributed by atoms with Crippen LogP contribution in [0.1, 0.15) is 23.0 Å². The maximum atomic E-state index is 13.2. The normalized spacial score (nSPS) is 11.5. The van der Waals surface area contributed by atoms with E-state index < -0.39 is 15.7 Å². The zero-order chi connectivity index (χ0) is 23.8. The van der Waals surface area contributed by atoms with E-state index in [0.717, 1.165) is 6.26 Å². The molecule has 4 aromatic rings. The van der Waals surface area contributed by atoms with E-state index in [4.69, 9.17) is 16.3 Å². The highest BCUT2D eigenvalue weighted by atomic mass is 35.5. The lowest BCUT2D eigenvalue weighted by atomic mass is 10.0. The first-order valence-electron chi connectivity index (χ1n) is 9.83. The monoisotopic (exact) mass is 502 g/mol. The second kappa shape index (κ2) is 9.05. The van der Waals surface area contributed by atoms with Crippen molar-refractivity contribution in [2.75, 3.05) is 18.2 Å². The highest BCUT2D eigenvalue weighted by Crippen LogP contribution is 2.35. The molecule has 0 bridgehead atoms. The summed E-state index contributed by atoms with van der Waals surface area (Å²) < 4.78 is 30.0. The molecule has 0 unspecified atom stereocenters. The Morgan fingerprint density at radius 3 is 2.67 bits per heavy atom. The van der Waals surface area contributed by atoms with Gasteiger partial charge in [0.25, 0.3) is 5.91 Å². The number of halogens is 1. The number of hydrogen-bond acceptors (Lipinski definition) is 8. The Morgan fingerprint density at radius 2 is 1.94 bits per heavy atom. The predicted octanol–water partition coefficient (Wildman–Crippen LogP) is 4.77. The van der Waals surface area contributed by atoms with E-state index in [0.29, 0.717) is 50.1 Å². The topological polar surface area (TPSA) is 111 Å². The summed E-state index contributed by atoms with van der Waals surface area (Å²) in [6.45, 7) is 4.09. The molecule has 3 heterocycles. The van der Waals surface area contributed by atoms with Crippen molar-refractivity contribution in [1.29, 1.82) is 0 Å². The molecule has 8 nitrogen and oxygen atoms in total. The third kappa shape index (κ3) is 4.97. The smallest absolute Gasteiger partial charge is 0.259 e. The van der Waals surface area contributed by atoms with Crippen LogP contribution in [0.4, 0.5) is 5.13 Å². The quantitative estimate of drug-likeness (QED) is 0.378. The van der Waals surface area contributed by atoms with Crippen LogP contribution in [0.3, 0.4) is 0 Å². The molecule has 11 heteroatoms. The summed E-state index contributed by atoms with van der Waals surface area (Å²) in [6, 6.07) is 8.07. The first kappa shape index (κ1) is 23.1. The van der Waals surface area contributed by atoms with Gasteiger partial charge in [0.15, 0.2) is 15.0 Å². The van der Waals surface area contributed by atoms with Crippen molar-refractivity contribution < 1.29 is 17.9 Å². The van der Waals surface area contributed by atoms with Crippen LogP contribution in [0.2, 0.25) is 5.15 Å². The SMILES string of the molecule is CCOc1cnc(Cl)cc1-c1cc(C)ncc1C(=O)Nc1nc2ccc(S(C)(=O)=O)cc2s1. The summed E-state index contributed by atoms with van der Waals surface area (Å²) in [7, 11) is -3.35. The number of pyridine rings is 2. The molecule has 0 radical (unpaired) electrons. The zero-order valence-electron chi connectivity index (χ0n) is 17.9. The van der Waals surface area contributed by atoms with Crippen molar-refractivity contribution in [2.45, 2.75) is 18.7 Å². The largest absolute Gasteiger partial charge is 0.492 e. The third-order valence-corrected chi connectivity index (χ3v) is 6.97. The Morgan fingerprint density at radius 1 is 1.15 bits per heavy atom. The Bertz CT molecular complexity index is 1490. The number of sulfone groups is 1. The van der Waals surface area contributed by atoms with Crippen LogP contribution >= 0.6 is 22.9 Å². The molecule has 0 atom stereocenters. The van der Waals surface area contributed by atoms with E-state index in [1.807, 2.05) is 13.8 Å². The molecule has 1 amide bonds. The fraction of sp³-hybridized carbons (Fsp3) is 0.182. The minimum absolute atomic E-state index is 0.194. The molecule has 0 aliphatic rings. The molecular formula is C22H19ClN4O4S2. The molecule has 0 saturated heterocycles. The maximum absolute atomic E-state index is 13.2. The lowest BCUT2D eigenvalue weighted by molar-refractivity contribution is 0.102. The summed E-state index contributed by atoms with van der Waals surface area (Å²) in [5.74, 6) is 0.0742. The van der Waals surface area contributed by atoms with E-state index in [9.17, 15) is 13.2 Å². The third-order valence-electron chi connectivity index (χ3n) is 4.72. The molecule has 0 fully saturated rings. The number of aromatic nitrogens is 3. The van der Waals surface area contributed by atoms with Crippen LogP contribution in [0.25, 0.3) is 21.3 Å². The van der Waals surface area contributed by atoms with E-state index in [1.165, 1.54) is 29.8 Å². The van der Waals surface area contributed by atoms with Crippen molar-refractivity contribution in [3.8, 4) is 16.9 Å². The van der Waals surface area contributed by atoms with Gasteiger partial charge < -0.3 is 4.74 Å². The van der Waals surface area contributed by atoms with E-state index >= 15 is 0 Å². The number of hydrogen-bond donors (Lipinski definition) is 1. The first-order chi connectivity index (χ1) is 15.7. The molecule has 170 valence electrons. The second-order valence-electron chi connectivity index (χ2n) is 7.18. The molecule has 1 aromatic carbocycles. The Labute approximate surface area is 199 Å². The summed E-state index contributed by atoms with van der Waals surface area (Å²) in [4.78, 5) is 26.1. The number of carbonyl (C=O) groups excluding carboxylic acids is 1. The van der Waals surface area contributed by atoms with E-state index in [1.54, 1.807) is 24.3 Å². The van der Waals surface area contributed by atoms with Crippen molar-refractivity contribution in [1.82, 2.24) is 15.0 Å². The molecule has 1 N–H and O–H groups in total. The highest BCUT2D eigenvalue weighted by Gasteiger charge is 2.20. The van der Waals surface area contributed by atoms with Crippen LogP contribution in [0.5, 0.6) is 5.75 Å². The number of nitrogens with one attached hydrogen (secondary N) is 1. The number of nitrogens with zero attached hydrogens (tertiary/aromatic N) is 3. The Balaban J connectivity index is 1.73. The van der Waals surface area contributed by atoms with Crippen molar-refractivity contribution in [3.05, 3.63) is 59.1 Å². The van der Waals surface area contributed by atoms with Gasteiger partial charge in [0.1, 0.15) is 10.9 Å². The number of benzene rings is 1. The van der Waals surface area contributed by atoms with Crippen LogP contribution in [-0.2, 0) is 9.84 Å². The number of anilines is 1. The molecule has 0 saturated carbocycles. The number of carbonyl (C=O) groups is 1. The highest BCUT2D eigenvalue weighted by molar-refractivity contribution is 7.90. The van der Waals surface area contributed by atoms with Gasteiger partial charge in [-0.05, 0) is 44.2 Å². The molecular weight excluding hydrogens is 484 g/mol. The van der Waals surface area contributed by atoms with Crippen LogP contribution in [-0.4, -0.2) is 42.1 Å². The van der Waals surface area contributed by atoms with Crippen molar-refractivity contribution in [3.63, 3.8) is 0 Å². The maximum Gasteiger partial charge on any atom is 0.259 e. The minimum atomic E-state index is -3.35. The van der Waals surface area contributed by atoms with Gasteiger partial charge >= 0.3 is 0 Å². The Kier molecular flexibility index (Phi) is 6.33. The molecule has 0 spiro atoms. The second-order valence-corrected chi connectivity index (χ2v) is 10.6. The van der Waals surface area contributed by atoms with Gasteiger partial charge in [-0.25, -0.2) is 18.4 Å². The van der Waals surface area contributed by atoms with Crippen LogP contribution in [0.15, 0.2) is 47.6 Å². The molecule has 3 aromatic heterocycles. The fourth-order valence-electron chi connectivity index (χ4n) is 3.22. The number of aryl methyl sites for hydroxylation is 1. The number of fused-ring (bicyclic) bond motifs is 1. The van der Waals surface area contributed by atoms with Gasteiger partial charge in [0, 0.05) is 29.3 Å². The van der Waals surface area contributed by atoms with Crippen molar-refractivity contribution in [2.24, 2.45) is 0 Å².